The van der Waals surface area contributed by atoms with E-state index in [1.165, 1.54) is 12.5 Å². The van der Waals surface area contributed by atoms with E-state index in [9.17, 15) is 10.1 Å². The number of rotatable bonds is 5. The molecule has 1 aromatic heterocycles. The lowest BCUT2D eigenvalue weighted by Crippen LogP contribution is -2.30. The lowest BCUT2D eigenvalue weighted by atomic mass is 9.85. The van der Waals surface area contributed by atoms with E-state index in [0.717, 1.165) is 25.7 Å². The van der Waals surface area contributed by atoms with Gasteiger partial charge in [0.15, 0.2) is 0 Å². The van der Waals surface area contributed by atoms with E-state index in [2.05, 4.69) is 17.2 Å². The molecule has 0 aromatic carbocycles. The Morgan fingerprint density at radius 1 is 1.45 bits per heavy atom. The number of pyridine rings is 1. The van der Waals surface area contributed by atoms with Crippen molar-refractivity contribution in [1.82, 2.24) is 4.98 Å². The molecule has 6 nitrogen and oxygen atoms in total. The number of aromatic nitrogens is 1. The molecule has 1 N–H and O–H groups in total. The molecule has 1 aliphatic carbocycles. The Kier molecular flexibility index (Phi) is 4.76. The highest BCUT2D eigenvalue weighted by Crippen LogP contribution is 2.33. The summed E-state index contributed by atoms with van der Waals surface area (Å²) in [4.78, 5) is 14.8. The average molecular weight is 279 g/mol. The predicted octanol–water partition coefficient (Wildman–Crippen LogP) is 3.38. The average Bonchev–Trinajstić information content (AvgIpc) is 2.47. The van der Waals surface area contributed by atoms with Gasteiger partial charge in [0, 0.05) is 13.1 Å². The molecule has 1 aliphatic rings. The van der Waals surface area contributed by atoms with Crippen LogP contribution in [0.15, 0.2) is 12.1 Å². The minimum Gasteiger partial charge on any atom is -0.469 e. The van der Waals surface area contributed by atoms with Crippen LogP contribution in [0, 0.1) is 16.0 Å². The van der Waals surface area contributed by atoms with Crippen molar-refractivity contribution < 1.29 is 9.66 Å². The van der Waals surface area contributed by atoms with Crippen LogP contribution in [0.3, 0.4) is 0 Å². The van der Waals surface area contributed by atoms with E-state index in [4.69, 9.17) is 4.74 Å². The van der Waals surface area contributed by atoms with E-state index in [1.54, 1.807) is 13.1 Å². The molecule has 1 heterocycles. The minimum absolute atomic E-state index is 0.0343. The Balaban J connectivity index is 2.23. The van der Waals surface area contributed by atoms with Gasteiger partial charge in [0.2, 0.25) is 0 Å². The number of hydrogen-bond acceptors (Lipinski definition) is 5. The first kappa shape index (κ1) is 14.6. The molecule has 1 fully saturated rings. The van der Waals surface area contributed by atoms with E-state index >= 15 is 0 Å². The van der Waals surface area contributed by atoms with E-state index < -0.39 is 4.92 Å². The molecule has 0 saturated heterocycles. The van der Waals surface area contributed by atoms with Gasteiger partial charge in [-0.3, -0.25) is 10.1 Å². The van der Waals surface area contributed by atoms with Gasteiger partial charge in [-0.25, -0.2) is 0 Å². The van der Waals surface area contributed by atoms with Crippen LogP contribution in [0.2, 0.25) is 0 Å². The van der Waals surface area contributed by atoms with E-state index in [1.807, 2.05) is 0 Å². The molecule has 20 heavy (non-hydrogen) atoms. The second kappa shape index (κ2) is 6.54. The van der Waals surface area contributed by atoms with Crippen LogP contribution in [-0.4, -0.2) is 23.1 Å². The summed E-state index contributed by atoms with van der Waals surface area (Å²) in [5.74, 6) is 1.17. The van der Waals surface area contributed by atoms with Gasteiger partial charge in [0.25, 0.3) is 5.88 Å². The maximum absolute atomic E-state index is 11.1. The molecule has 110 valence electrons. The highest BCUT2D eigenvalue weighted by atomic mass is 16.6. The summed E-state index contributed by atoms with van der Waals surface area (Å²) in [7, 11) is 1.73. The van der Waals surface area contributed by atoms with Gasteiger partial charge in [-0.15, -0.1) is 0 Å². The lowest BCUT2D eigenvalue weighted by molar-refractivity contribution is -0.386. The summed E-state index contributed by atoms with van der Waals surface area (Å²) in [6.45, 7) is 2.14. The molecule has 1 saturated carbocycles. The molecule has 0 aliphatic heterocycles. The first-order chi connectivity index (χ1) is 9.65. The Morgan fingerprint density at radius 3 is 2.85 bits per heavy atom. The standard InChI is InChI=1S/C14H21N3O3/c1-3-10-6-4-5-7-12(10)20-14-11(17(18)19)8-9-13(15-2)16-14/h8-10,12H,3-7H2,1-2H3,(H,15,16). The molecule has 2 atom stereocenters. The summed E-state index contributed by atoms with van der Waals surface area (Å²) < 4.78 is 5.90. The fraction of sp³-hybridized carbons (Fsp3) is 0.643. The SMILES string of the molecule is CCC1CCCCC1Oc1nc(NC)ccc1[N+](=O)[O-]. The van der Waals surface area contributed by atoms with E-state index in [0.29, 0.717) is 11.7 Å². The number of ether oxygens (including phenoxy) is 1. The van der Waals surface area contributed by atoms with Crippen LogP contribution in [0.4, 0.5) is 11.5 Å². The molecule has 0 amide bonds. The first-order valence-corrected chi connectivity index (χ1v) is 7.15. The quantitative estimate of drug-likeness (QED) is 0.660. The molecule has 1 aromatic rings. The smallest absolute Gasteiger partial charge is 0.331 e. The van der Waals surface area contributed by atoms with Crippen molar-refractivity contribution in [3.05, 3.63) is 22.2 Å². The highest BCUT2D eigenvalue weighted by molar-refractivity contribution is 5.48. The fourth-order valence-electron chi connectivity index (χ4n) is 2.74. The molecular formula is C14H21N3O3. The zero-order valence-electron chi connectivity index (χ0n) is 12.0. The number of hydrogen-bond donors (Lipinski definition) is 1. The maximum Gasteiger partial charge on any atom is 0.331 e. The highest BCUT2D eigenvalue weighted by Gasteiger charge is 2.28. The minimum atomic E-state index is -0.439. The van der Waals surface area contributed by atoms with Crippen LogP contribution in [0.1, 0.15) is 39.0 Å². The molecular weight excluding hydrogens is 258 g/mol. The van der Waals surface area contributed by atoms with Gasteiger partial charge in [-0.2, -0.15) is 4.98 Å². The third-order valence-electron chi connectivity index (χ3n) is 3.92. The second-order valence-electron chi connectivity index (χ2n) is 5.14. The molecule has 0 spiro atoms. The van der Waals surface area contributed by atoms with Crippen molar-refractivity contribution in [3.63, 3.8) is 0 Å². The third kappa shape index (κ3) is 3.18. The second-order valence-corrected chi connectivity index (χ2v) is 5.14. The van der Waals surface area contributed by atoms with Crippen molar-refractivity contribution in [2.24, 2.45) is 5.92 Å². The van der Waals surface area contributed by atoms with Crippen LogP contribution < -0.4 is 10.1 Å². The molecule has 0 bridgehead atoms. The Hall–Kier alpha value is -1.85. The molecule has 0 radical (unpaired) electrons. The maximum atomic E-state index is 11.1. The van der Waals surface area contributed by atoms with Crippen LogP contribution >= 0.6 is 0 Å². The van der Waals surface area contributed by atoms with Crippen LogP contribution in [-0.2, 0) is 0 Å². The summed E-state index contributed by atoms with van der Waals surface area (Å²) in [5.41, 5.74) is -0.0653. The largest absolute Gasteiger partial charge is 0.469 e. The topological polar surface area (TPSA) is 77.3 Å². The summed E-state index contributed by atoms with van der Waals surface area (Å²) >= 11 is 0. The molecule has 2 unspecified atom stereocenters. The van der Waals surface area contributed by atoms with E-state index in [-0.39, 0.29) is 17.7 Å². The van der Waals surface area contributed by atoms with Gasteiger partial charge < -0.3 is 10.1 Å². The summed E-state index contributed by atoms with van der Waals surface area (Å²) in [6.07, 6.45) is 5.46. The van der Waals surface area contributed by atoms with Gasteiger partial charge in [0.1, 0.15) is 11.9 Å². The van der Waals surface area contributed by atoms with Crippen molar-refractivity contribution in [2.45, 2.75) is 45.1 Å². The van der Waals surface area contributed by atoms with Crippen molar-refractivity contribution in [3.8, 4) is 5.88 Å². The number of nitrogens with zero attached hydrogens (tertiary/aromatic N) is 2. The Morgan fingerprint density at radius 2 is 2.20 bits per heavy atom. The normalized spacial score (nSPS) is 22.3. The Bertz CT molecular complexity index is 479. The lowest BCUT2D eigenvalue weighted by Gasteiger charge is -2.30. The number of anilines is 1. The van der Waals surface area contributed by atoms with Crippen molar-refractivity contribution >= 4 is 11.5 Å². The zero-order chi connectivity index (χ0) is 14.5. The first-order valence-electron chi connectivity index (χ1n) is 7.15. The van der Waals surface area contributed by atoms with Crippen molar-refractivity contribution in [2.75, 3.05) is 12.4 Å². The van der Waals surface area contributed by atoms with Crippen LogP contribution in [0.5, 0.6) is 5.88 Å². The van der Waals surface area contributed by atoms with Gasteiger partial charge in [-0.1, -0.05) is 13.3 Å². The Labute approximate surface area is 118 Å². The molecule has 2 rings (SSSR count). The van der Waals surface area contributed by atoms with Gasteiger partial charge >= 0.3 is 5.69 Å². The van der Waals surface area contributed by atoms with Crippen molar-refractivity contribution in [1.29, 1.82) is 0 Å². The fourth-order valence-corrected chi connectivity index (χ4v) is 2.74. The monoisotopic (exact) mass is 279 g/mol. The van der Waals surface area contributed by atoms with Gasteiger partial charge in [-0.05, 0) is 37.7 Å². The third-order valence-corrected chi connectivity index (χ3v) is 3.92. The predicted molar refractivity (Wildman–Crippen MR) is 77.1 cm³/mol. The number of nitrogens with one attached hydrogen (secondary N) is 1. The molecule has 6 heteroatoms. The number of nitro groups is 1. The summed E-state index contributed by atoms with van der Waals surface area (Å²) in [5, 5.41) is 14.0. The summed E-state index contributed by atoms with van der Waals surface area (Å²) in [6, 6.07) is 3.03. The van der Waals surface area contributed by atoms with Gasteiger partial charge in [0.05, 0.1) is 4.92 Å². The van der Waals surface area contributed by atoms with Crippen LogP contribution in [0.25, 0.3) is 0 Å². The zero-order valence-corrected chi connectivity index (χ0v) is 12.0.